The monoisotopic (exact) mass is 312 g/mol. The van der Waals surface area contributed by atoms with Crippen LogP contribution in [0.15, 0.2) is 54.6 Å². The number of hydrogen-bond donors (Lipinski definition) is 2. The Kier molecular flexibility index (Phi) is 6.48. The molecular formula is C19H24N2O2. The molecular weight excluding hydrogens is 288 g/mol. The normalized spacial score (nSPS) is 10.4. The second kappa shape index (κ2) is 8.83. The van der Waals surface area contributed by atoms with E-state index in [2.05, 4.69) is 24.5 Å². The van der Waals surface area contributed by atoms with Crippen molar-refractivity contribution in [1.82, 2.24) is 5.32 Å². The molecule has 122 valence electrons. The lowest BCUT2D eigenvalue weighted by Crippen LogP contribution is -2.28. The van der Waals surface area contributed by atoms with Crippen LogP contribution in [0.4, 0.5) is 5.69 Å². The fourth-order valence-corrected chi connectivity index (χ4v) is 2.03. The summed E-state index contributed by atoms with van der Waals surface area (Å²) in [7, 11) is 0. The highest BCUT2D eigenvalue weighted by Crippen LogP contribution is 2.28. The maximum atomic E-state index is 11.7. The molecule has 4 nitrogen and oxygen atoms in total. The summed E-state index contributed by atoms with van der Waals surface area (Å²) in [4.78, 5) is 11.7. The first-order valence-corrected chi connectivity index (χ1v) is 7.97. The minimum Gasteiger partial charge on any atom is -0.455 e. The summed E-state index contributed by atoms with van der Waals surface area (Å²) in [5, 5.41) is 6.18. The largest absolute Gasteiger partial charge is 0.455 e. The van der Waals surface area contributed by atoms with Crippen molar-refractivity contribution in [2.24, 2.45) is 5.92 Å². The summed E-state index contributed by atoms with van der Waals surface area (Å²) in [6, 6.07) is 17.4. The Labute approximate surface area is 137 Å². The predicted octanol–water partition coefficient (Wildman–Crippen LogP) is 4.05. The molecule has 0 radical (unpaired) electrons. The van der Waals surface area contributed by atoms with Crippen LogP contribution in [0.3, 0.4) is 0 Å². The Bertz CT molecular complexity index is 612. The van der Waals surface area contributed by atoms with E-state index in [9.17, 15) is 4.79 Å². The average Bonchev–Trinajstić information content (AvgIpc) is 2.55. The Hall–Kier alpha value is -2.49. The maximum absolute atomic E-state index is 11.7. The van der Waals surface area contributed by atoms with Gasteiger partial charge in [-0.15, -0.1) is 0 Å². The maximum Gasteiger partial charge on any atom is 0.221 e. The van der Waals surface area contributed by atoms with Crippen LogP contribution in [0.2, 0.25) is 0 Å². The number of ether oxygens (including phenoxy) is 1. The van der Waals surface area contributed by atoms with E-state index in [1.807, 2.05) is 54.6 Å². The molecule has 0 aliphatic carbocycles. The number of anilines is 1. The summed E-state index contributed by atoms with van der Waals surface area (Å²) in [5.41, 5.74) is 0.882. The topological polar surface area (TPSA) is 50.4 Å². The van der Waals surface area contributed by atoms with E-state index >= 15 is 0 Å². The van der Waals surface area contributed by atoms with Crippen LogP contribution < -0.4 is 15.4 Å². The molecule has 0 unspecified atom stereocenters. The molecule has 0 aliphatic heterocycles. The van der Waals surface area contributed by atoms with Gasteiger partial charge in [-0.3, -0.25) is 4.79 Å². The molecule has 2 rings (SSSR count). The quantitative estimate of drug-likeness (QED) is 0.773. The molecule has 0 aromatic heterocycles. The second-order valence-corrected chi connectivity index (χ2v) is 5.79. The van der Waals surface area contributed by atoms with Gasteiger partial charge in [-0.1, -0.05) is 44.2 Å². The van der Waals surface area contributed by atoms with E-state index in [0.29, 0.717) is 25.4 Å². The van der Waals surface area contributed by atoms with E-state index in [0.717, 1.165) is 17.2 Å². The molecule has 1 amide bonds. The van der Waals surface area contributed by atoms with E-state index < -0.39 is 0 Å². The summed E-state index contributed by atoms with van der Waals surface area (Å²) < 4.78 is 5.88. The zero-order chi connectivity index (χ0) is 16.5. The lowest BCUT2D eigenvalue weighted by molar-refractivity contribution is -0.120. The smallest absolute Gasteiger partial charge is 0.221 e. The fourth-order valence-electron chi connectivity index (χ4n) is 2.03. The molecule has 0 saturated carbocycles. The molecule has 0 bridgehead atoms. The fraction of sp³-hybridized carbons (Fsp3) is 0.316. The van der Waals surface area contributed by atoms with Crippen molar-refractivity contribution in [3.05, 3.63) is 54.6 Å². The number of rotatable bonds is 8. The molecule has 2 aromatic carbocycles. The average molecular weight is 312 g/mol. The third-order valence-corrected chi connectivity index (χ3v) is 3.23. The van der Waals surface area contributed by atoms with E-state index in [4.69, 9.17) is 4.74 Å². The Morgan fingerprint density at radius 2 is 1.74 bits per heavy atom. The first-order valence-electron chi connectivity index (χ1n) is 7.97. The van der Waals surface area contributed by atoms with Gasteiger partial charge in [-0.2, -0.15) is 0 Å². The van der Waals surface area contributed by atoms with Gasteiger partial charge in [0, 0.05) is 19.5 Å². The van der Waals surface area contributed by atoms with E-state index in [1.54, 1.807) is 0 Å². The second-order valence-electron chi connectivity index (χ2n) is 5.79. The Morgan fingerprint density at radius 1 is 1.04 bits per heavy atom. The highest BCUT2D eigenvalue weighted by Gasteiger charge is 2.06. The third-order valence-electron chi connectivity index (χ3n) is 3.23. The van der Waals surface area contributed by atoms with Crippen LogP contribution in [-0.4, -0.2) is 19.0 Å². The Morgan fingerprint density at radius 3 is 2.48 bits per heavy atom. The number of nitrogens with one attached hydrogen (secondary N) is 2. The minimum absolute atomic E-state index is 0.0626. The highest BCUT2D eigenvalue weighted by atomic mass is 16.5. The van der Waals surface area contributed by atoms with Gasteiger partial charge in [0.05, 0.1) is 5.69 Å². The van der Waals surface area contributed by atoms with Crippen molar-refractivity contribution >= 4 is 11.6 Å². The van der Waals surface area contributed by atoms with Gasteiger partial charge in [-0.25, -0.2) is 0 Å². The summed E-state index contributed by atoms with van der Waals surface area (Å²) >= 11 is 0. The van der Waals surface area contributed by atoms with Gasteiger partial charge in [0.15, 0.2) is 5.75 Å². The molecule has 2 aromatic rings. The summed E-state index contributed by atoms with van der Waals surface area (Å²) in [5.74, 6) is 2.07. The van der Waals surface area contributed by atoms with Crippen molar-refractivity contribution in [2.45, 2.75) is 20.3 Å². The van der Waals surface area contributed by atoms with Crippen molar-refractivity contribution in [3.8, 4) is 11.5 Å². The van der Waals surface area contributed by atoms with Crippen LogP contribution in [0.1, 0.15) is 20.3 Å². The van der Waals surface area contributed by atoms with E-state index in [-0.39, 0.29) is 5.91 Å². The van der Waals surface area contributed by atoms with Crippen LogP contribution >= 0.6 is 0 Å². The molecule has 0 saturated heterocycles. The van der Waals surface area contributed by atoms with E-state index in [1.165, 1.54) is 0 Å². The summed E-state index contributed by atoms with van der Waals surface area (Å²) in [6.07, 6.45) is 0.437. The Balaban J connectivity index is 1.87. The molecule has 4 heteroatoms. The van der Waals surface area contributed by atoms with Crippen molar-refractivity contribution in [2.75, 3.05) is 18.4 Å². The SMILES string of the molecule is CC(C)CNC(=O)CCNc1ccccc1Oc1ccccc1. The van der Waals surface area contributed by atoms with Gasteiger partial charge in [0.25, 0.3) is 0 Å². The summed E-state index contributed by atoms with van der Waals surface area (Å²) in [6.45, 7) is 5.44. The zero-order valence-corrected chi connectivity index (χ0v) is 13.7. The number of hydrogen-bond acceptors (Lipinski definition) is 3. The predicted molar refractivity (Wildman–Crippen MR) is 93.9 cm³/mol. The number of para-hydroxylation sites is 3. The zero-order valence-electron chi connectivity index (χ0n) is 13.7. The van der Waals surface area contributed by atoms with Gasteiger partial charge in [0.1, 0.15) is 5.75 Å². The van der Waals surface area contributed by atoms with Crippen LogP contribution in [0, 0.1) is 5.92 Å². The lowest BCUT2D eigenvalue weighted by Gasteiger charge is -2.13. The van der Waals surface area contributed by atoms with Crippen LogP contribution in [-0.2, 0) is 4.79 Å². The van der Waals surface area contributed by atoms with Crippen molar-refractivity contribution < 1.29 is 9.53 Å². The standard InChI is InChI=1S/C19H24N2O2/c1-15(2)14-21-19(22)12-13-20-17-10-6-7-11-18(17)23-16-8-4-3-5-9-16/h3-11,15,20H,12-14H2,1-2H3,(H,21,22). The minimum atomic E-state index is 0.0626. The number of carbonyl (C=O) groups excluding carboxylic acids is 1. The van der Waals surface area contributed by atoms with Gasteiger partial charge >= 0.3 is 0 Å². The molecule has 0 spiro atoms. The first-order chi connectivity index (χ1) is 11.1. The molecule has 23 heavy (non-hydrogen) atoms. The lowest BCUT2D eigenvalue weighted by atomic mass is 10.2. The van der Waals surface area contributed by atoms with Gasteiger partial charge in [0.2, 0.25) is 5.91 Å². The first kappa shape index (κ1) is 16.9. The van der Waals surface area contributed by atoms with Crippen LogP contribution in [0.25, 0.3) is 0 Å². The number of carbonyl (C=O) groups is 1. The van der Waals surface area contributed by atoms with Crippen LogP contribution in [0.5, 0.6) is 11.5 Å². The highest BCUT2D eigenvalue weighted by molar-refractivity contribution is 5.76. The molecule has 0 heterocycles. The van der Waals surface area contributed by atoms with Crippen molar-refractivity contribution in [3.63, 3.8) is 0 Å². The van der Waals surface area contributed by atoms with Crippen molar-refractivity contribution in [1.29, 1.82) is 0 Å². The van der Waals surface area contributed by atoms with Gasteiger partial charge < -0.3 is 15.4 Å². The molecule has 0 atom stereocenters. The van der Waals surface area contributed by atoms with Gasteiger partial charge in [-0.05, 0) is 30.2 Å². The molecule has 0 aliphatic rings. The third kappa shape index (κ3) is 6.02. The number of benzene rings is 2. The number of amides is 1. The molecule has 2 N–H and O–H groups in total. The molecule has 0 fully saturated rings.